The summed E-state index contributed by atoms with van der Waals surface area (Å²) in [4.78, 5) is 1.46. The first kappa shape index (κ1) is 14.5. The van der Waals surface area contributed by atoms with Gasteiger partial charge in [-0.15, -0.1) is 11.3 Å². The molecule has 1 aromatic carbocycles. The molecule has 0 unspecified atom stereocenters. The molecule has 1 aromatic heterocycles. The second-order valence-corrected chi connectivity index (χ2v) is 8.00. The van der Waals surface area contributed by atoms with E-state index >= 15 is 0 Å². The van der Waals surface area contributed by atoms with Crippen LogP contribution in [0.25, 0.3) is 0 Å². The lowest BCUT2D eigenvalue weighted by Gasteiger charge is -2.31. The number of aryl methyl sites for hydroxylation is 1. The van der Waals surface area contributed by atoms with Gasteiger partial charge in [-0.1, -0.05) is 35.9 Å². The van der Waals surface area contributed by atoms with Crippen molar-refractivity contribution in [1.29, 1.82) is 0 Å². The second kappa shape index (κ2) is 5.75. The van der Waals surface area contributed by atoms with Crippen LogP contribution in [0.15, 0.2) is 58.8 Å². The lowest BCUT2D eigenvalue weighted by molar-refractivity contribution is 0.343. The Morgan fingerprint density at radius 2 is 1.90 bits per heavy atom. The molecule has 1 aliphatic rings. The van der Waals surface area contributed by atoms with Crippen LogP contribution in [0.3, 0.4) is 0 Å². The van der Waals surface area contributed by atoms with Crippen LogP contribution in [0.1, 0.15) is 22.9 Å². The van der Waals surface area contributed by atoms with E-state index in [1.165, 1.54) is 0 Å². The first-order chi connectivity index (χ1) is 10.1. The van der Waals surface area contributed by atoms with Crippen molar-refractivity contribution in [1.82, 2.24) is 4.31 Å². The maximum absolute atomic E-state index is 12.9. The van der Waals surface area contributed by atoms with Gasteiger partial charge in [0, 0.05) is 11.4 Å². The van der Waals surface area contributed by atoms with Gasteiger partial charge in [0.05, 0.1) is 10.9 Å². The van der Waals surface area contributed by atoms with Crippen molar-refractivity contribution in [3.8, 4) is 0 Å². The molecule has 0 spiro atoms. The summed E-state index contributed by atoms with van der Waals surface area (Å²) in [6, 6.07) is 10.9. The van der Waals surface area contributed by atoms with Crippen LogP contribution in [0.4, 0.5) is 0 Å². The number of rotatable bonds is 3. The zero-order chi connectivity index (χ0) is 14.9. The Morgan fingerprint density at radius 1 is 1.14 bits per heavy atom. The molecular weight excluding hydrogens is 302 g/mol. The lowest BCUT2D eigenvalue weighted by atomic mass is 10.1. The summed E-state index contributed by atoms with van der Waals surface area (Å²) in [6.45, 7) is 2.38. The molecule has 110 valence electrons. The Hall–Kier alpha value is -1.43. The Bertz CT molecular complexity index is 731. The van der Waals surface area contributed by atoms with Crippen LogP contribution in [-0.4, -0.2) is 19.3 Å². The van der Waals surface area contributed by atoms with Crippen LogP contribution >= 0.6 is 11.3 Å². The topological polar surface area (TPSA) is 37.4 Å². The third kappa shape index (κ3) is 2.81. The zero-order valence-corrected chi connectivity index (χ0v) is 13.4. The maximum Gasteiger partial charge on any atom is 0.243 e. The molecule has 5 heteroatoms. The molecule has 0 saturated carbocycles. The highest BCUT2D eigenvalue weighted by Crippen LogP contribution is 2.35. The summed E-state index contributed by atoms with van der Waals surface area (Å²) in [6.07, 6.45) is 4.72. The predicted molar refractivity (Wildman–Crippen MR) is 85.9 cm³/mol. The van der Waals surface area contributed by atoms with Gasteiger partial charge >= 0.3 is 0 Å². The average molecular weight is 319 g/mol. The molecule has 0 aliphatic carbocycles. The molecule has 3 nitrogen and oxygen atoms in total. The van der Waals surface area contributed by atoms with Crippen LogP contribution in [0.5, 0.6) is 0 Å². The van der Waals surface area contributed by atoms with Crippen molar-refractivity contribution in [3.05, 3.63) is 64.4 Å². The van der Waals surface area contributed by atoms with Crippen molar-refractivity contribution in [3.63, 3.8) is 0 Å². The molecule has 2 aromatic rings. The van der Waals surface area contributed by atoms with Gasteiger partial charge in [-0.2, -0.15) is 4.31 Å². The summed E-state index contributed by atoms with van der Waals surface area (Å²) in [5.41, 5.74) is 1.06. The van der Waals surface area contributed by atoms with Crippen molar-refractivity contribution < 1.29 is 8.42 Å². The third-order valence-corrected chi connectivity index (χ3v) is 6.52. The van der Waals surface area contributed by atoms with E-state index in [0.29, 0.717) is 11.4 Å². The maximum atomic E-state index is 12.9. The van der Waals surface area contributed by atoms with E-state index in [0.717, 1.165) is 16.9 Å². The van der Waals surface area contributed by atoms with Gasteiger partial charge in [-0.3, -0.25) is 0 Å². The molecule has 2 heterocycles. The summed E-state index contributed by atoms with van der Waals surface area (Å²) in [5.74, 6) is 0. The largest absolute Gasteiger partial charge is 0.243 e. The Kier molecular flexibility index (Phi) is 3.97. The summed E-state index contributed by atoms with van der Waals surface area (Å²) < 4.78 is 27.4. The molecule has 0 saturated heterocycles. The summed E-state index contributed by atoms with van der Waals surface area (Å²) in [5, 5.41) is 1.99. The Morgan fingerprint density at radius 3 is 2.57 bits per heavy atom. The fourth-order valence-corrected chi connectivity index (χ4v) is 4.99. The molecule has 0 bridgehead atoms. The van der Waals surface area contributed by atoms with E-state index < -0.39 is 10.0 Å². The highest BCUT2D eigenvalue weighted by atomic mass is 32.2. The number of benzene rings is 1. The fraction of sp³-hybridized carbons (Fsp3) is 0.250. The summed E-state index contributed by atoms with van der Waals surface area (Å²) >= 11 is 1.61. The number of hydrogen-bond donors (Lipinski definition) is 0. The quantitative estimate of drug-likeness (QED) is 0.808. The zero-order valence-electron chi connectivity index (χ0n) is 11.8. The van der Waals surface area contributed by atoms with E-state index in [1.807, 2.05) is 42.6 Å². The van der Waals surface area contributed by atoms with Crippen LogP contribution in [0.2, 0.25) is 0 Å². The van der Waals surface area contributed by atoms with E-state index in [-0.39, 0.29) is 6.04 Å². The van der Waals surface area contributed by atoms with Gasteiger partial charge in [0.1, 0.15) is 0 Å². The average Bonchev–Trinajstić information content (AvgIpc) is 3.02. The minimum atomic E-state index is -3.47. The third-order valence-electron chi connectivity index (χ3n) is 3.66. The van der Waals surface area contributed by atoms with Crippen molar-refractivity contribution in [2.24, 2.45) is 0 Å². The van der Waals surface area contributed by atoms with Gasteiger partial charge in [0.2, 0.25) is 10.0 Å². The number of sulfonamides is 1. The first-order valence-electron chi connectivity index (χ1n) is 6.86. The van der Waals surface area contributed by atoms with E-state index in [1.54, 1.807) is 27.8 Å². The van der Waals surface area contributed by atoms with Gasteiger partial charge in [0.15, 0.2) is 0 Å². The number of thiophene rings is 1. The molecule has 21 heavy (non-hydrogen) atoms. The van der Waals surface area contributed by atoms with Crippen molar-refractivity contribution in [2.75, 3.05) is 6.54 Å². The highest BCUT2D eigenvalue weighted by Gasteiger charge is 2.33. The number of hydrogen-bond acceptors (Lipinski definition) is 3. The van der Waals surface area contributed by atoms with Crippen LogP contribution < -0.4 is 0 Å². The molecule has 1 aliphatic heterocycles. The first-order valence-corrected chi connectivity index (χ1v) is 9.18. The van der Waals surface area contributed by atoms with Gasteiger partial charge < -0.3 is 0 Å². The van der Waals surface area contributed by atoms with Gasteiger partial charge in [-0.25, -0.2) is 8.42 Å². The molecule has 1 atom stereocenters. The Balaban J connectivity index is 2.00. The van der Waals surface area contributed by atoms with Gasteiger partial charge in [-0.05, 0) is 36.9 Å². The van der Waals surface area contributed by atoms with E-state index in [9.17, 15) is 8.42 Å². The summed E-state index contributed by atoms with van der Waals surface area (Å²) in [7, 11) is -3.47. The van der Waals surface area contributed by atoms with E-state index in [2.05, 4.69) is 6.08 Å². The predicted octanol–water partition coefficient (Wildman–Crippen LogP) is 3.75. The smallest absolute Gasteiger partial charge is 0.207 e. The fourth-order valence-electron chi connectivity index (χ4n) is 2.50. The highest BCUT2D eigenvalue weighted by molar-refractivity contribution is 7.89. The van der Waals surface area contributed by atoms with E-state index in [4.69, 9.17) is 0 Å². The molecule has 3 rings (SSSR count). The normalized spacial score (nSPS) is 19.8. The van der Waals surface area contributed by atoms with Gasteiger partial charge in [0.25, 0.3) is 0 Å². The standard InChI is InChI=1S/C16H17NO2S2/c1-13-7-9-14(10-8-13)21(18,19)17-11-3-2-5-15(17)16-6-4-12-20-16/h2-4,6-10,12,15H,5,11H2,1H3/t15-/m1/s1. The number of nitrogens with zero attached hydrogens (tertiary/aromatic N) is 1. The van der Waals surface area contributed by atoms with Crippen molar-refractivity contribution in [2.45, 2.75) is 24.3 Å². The monoisotopic (exact) mass is 319 g/mol. The molecule has 0 fully saturated rings. The molecule has 0 radical (unpaired) electrons. The Labute approximate surface area is 129 Å². The van der Waals surface area contributed by atoms with Crippen LogP contribution in [-0.2, 0) is 10.0 Å². The molecule has 0 N–H and O–H groups in total. The lowest BCUT2D eigenvalue weighted by Crippen LogP contribution is -2.36. The minimum Gasteiger partial charge on any atom is -0.207 e. The minimum absolute atomic E-state index is 0.0960. The van der Waals surface area contributed by atoms with Crippen molar-refractivity contribution >= 4 is 21.4 Å². The molecule has 0 amide bonds. The SMILES string of the molecule is Cc1ccc(S(=O)(=O)N2CC=CC[C@@H]2c2cccs2)cc1. The van der Waals surface area contributed by atoms with Crippen LogP contribution in [0, 0.1) is 6.92 Å². The molecular formula is C16H17NO2S2. The second-order valence-electron chi connectivity index (χ2n) is 5.13.